The lowest BCUT2D eigenvalue weighted by Gasteiger charge is -2.35. The number of hydrogen-bond donors (Lipinski definition) is 1. The molecule has 0 radical (unpaired) electrons. The van der Waals surface area contributed by atoms with Gasteiger partial charge in [0.25, 0.3) is 5.69 Å². The first-order valence-corrected chi connectivity index (χ1v) is 7.46. The lowest BCUT2D eigenvalue weighted by Crippen LogP contribution is -2.35. The fraction of sp³-hybridized carbons (Fsp3) is 0.562. The third-order valence-corrected chi connectivity index (χ3v) is 4.65. The molecular formula is C16H22N2O3. The first-order valence-electron chi connectivity index (χ1n) is 7.46. The zero-order chi connectivity index (χ0) is 15.6. The number of benzene rings is 1. The number of carbonyl (C=O) groups is 1. The van der Waals surface area contributed by atoms with E-state index in [1.165, 1.54) is 19.4 Å². The molecule has 0 amide bonds. The number of Topliss-reactive ketones (excluding diaryl/α,β-unsaturated/α-hetero) is 1. The first-order chi connectivity index (χ1) is 9.90. The van der Waals surface area contributed by atoms with E-state index in [-0.39, 0.29) is 17.5 Å². The summed E-state index contributed by atoms with van der Waals surface area (Å²) in [4.78, 5) is 22.2. The predicted molar refractivity (Wildman–Crippen MR) is 82.7 cm³/mol. The maximum atomic E-state index is 11.4. The van der Waals surface area contributed by atoms with Crippen molar-refractivity contribution in [2.45, 2.75) is 46.1 Å². The summed E-state index contributed by atoms with van der Waals surface area (Å²) in [7, 11) is 0. The Hall–Kier alpha value is -1.91. The van der Waals surface area contributed by atoms with Crippen molar-refractivity contribution in [2.24, 2.45) is 11.8 Å². The number of hydrogen-bond acceptors (Lipinski definition) is 4. The molecule has 0 saturated heterocycles. The predicted octanol–water partition coefficient (Wildman–Crippen LogP) is 4.03. The topological polar surface area (TPSA) is 72.2 Å². The maximum Gasteiger partial charge on any atom is 0.293 e. The molecule has 1 N–H and O–H groups in total. The van der Waals surface area contributed by atoms with Gasteiger partial charge in [-0.25, -0.2) is 0 Å². The van der Waals surface area contributed by atoms with Gasteiger partial charge in [0.1, 0.15) is 5.69 Å². The van der Waals surface area contributed by atoms with Crippen molar-refractivity contribution in [3.63, 3.8) is 0 Å². The highest BCUT2D eigenvalue weighted by molar-refractivity contribution is 5.95. The highest BCUT2D eigenvalue weighted by Gasteiger charge is 2.28. The number of nitro benzene ring substituents is 1. The Kier molecular flexibility index (Phi) is 4.60. The number of nitro groups is 1. The SMILES string of the molecule is CC(=O)c1ccc(N[C@H]2CCC[C@H](C)[C@H]2C)c([N+](=O)[O-])c1. The van der Waals surface area contributed by atoms with E-state index in [2.05, 4.69) is 19.2 Å². The summed E-state index contributed by atoms with van der Waals surface area (Å²) in [5.74, 6) is 0.932. The summed E-state index contributed by atoms with van der Waals surface area (Å²) >= 11 is 0. The molecule has 1 fully saturated rings. The van der Waals surface area contributed by atoms with E-state index < -0.39 is 4.92 Å². The van der Waals surface area contributed by atoms with Crippen molar-refractivity contribution in [2.75, 3.05) is 5.32 Å². The van der Waals surface area contributed by atoms with Crippen LogP contribution in [0.1, 0.15) is 50.4 Å². The summed E-state index contributed by atoms with van der Waals surface area (Å²) < 4.78 is 0. The van der Waals surface area contributed by atoms with Gasteiger partial charge in [-0.1, -0.05) is 26.7 Å². The van der Waals surface area contributed by atoms with E-state index in [1.807, 2.05) is 0 Å². The lowest BCUT2D eigenvalue weighted by atomic mass is 9.78. The largest absolute Gasteiger partial charge is 0.376 e. The monoisotopic (exact) mass is 290 g/mol. The Balaban J connectivity index is 2.27. The van der Waals surface area contributed by atoms with Crippen LogP contribution in [0.15, 0.2) is 18.2 Å². The maximum absolute atomic E-state index is 11.4. The van der Waals surface area contributed by atoms with Crippen LogP contribution >= 0.6 is 0 Å². The number of carbonyl (C=O) groups excluding carboxylic acids is 1. The van der Waals surface area contributed by atoms with Gasteiger partial charge in [-0.3, -0.25) is 14.9 Å². The molecule has 0 aliphatic heterocycles. The molecule has 1 aliphatic rings. The number of anilines is 1. The van der Waals surface area contributed by atoms with E-state index in [1.54, 1.807) is 12.1 Å². The number of ketones is 1. The minimum atomic E-state index is -0.425. The first kappa shape index (κ1) is 15.5. The highest BCUT2D eigenvalue weighted by atomic mass is 16.6. The standard InChI is InChI=1S/C16H22N2O3/c1-10-5-4-6-14(11(10)2)17-15-8-7-13(12(3)19)9-16(15)18(20)21/h7-11,14,17H,4-6H2,1-3H3/t10-,11+,14-/m0/s1. The van der Waals surface area contributed by atoms with Crippen LogP contribution in [0.25, 0.3) is 0 Å². The summed E-state index contributed by atoms with van der Waals surface area (Å²) in [6.07, 6.45) is 3.38. The molecule has 1 saturated carbocycles. The van der Waals surface area contributed by atoms with Crippen LogP contribution in [0.2, 0.25) is 0 Å². The van der Waals surface area contributed by atoms with Gasteiger partial charge in [0.15, 0.2) is 5.78 Å². The third kappa shape index (κ3) is 3.40. The van der Waals surface area contributed by atoms with Crippen molar-refractivity contribution in [3.8, 4) is 0 Å². The van der Waals surface area contributed by atoms with E-state index in [4.69, 9.17) is 0 Å². The van der Waals surface area contributed by atoms with Gasteiger partial charge < -0.3 is 5.32 Å². The van der Waals surface area contributed by atoms with Crippen LogP contribution in [0.5, 0.6) is 0 Å². The highest BCUT2D eigenvalue weighted by Crippen LogP contribution is 2.34. The van der Waals surface area contributed by atoms with Crippen LogP contribution in [0.3, 0.4) is 0 Å². The van der Waals surface area contributed by atoms with E-state index in [0.717, 1.165) is 12.8 Å². The zero-order valence-corrected chi connectivity index (χ0v) is 12.8. The second kappa shape index (κ2) is 6.24. The Bertz CT molecular complexity index is 556. The van der Waals surface area contributed by atoms with Crippen molar-refractivity contribution in [1.29, 1.82) is 0 Å². The normalized spacial score (nSPS) is 25.4. The molecule has 5 nitrogen and oxygen atoms in total. The number of nitrogens with one attached hydrogen (secondary N) is 1. The van der Waals surface area contributed by atoms with Gasteiger partial charge in [-0.2, -0.15) is 0 Å². The number of nitrogens with zero attached hydrogens (tertiary/aromatic N) is 1. The third-order valence-electron chi connectivity index (χ3n) is 4.65. The lowest BCUT2D eigenvalue weighted by molar-refractivity contribution is -0.384. The molecule has 1 aromatic rings. The molecule has 0 spiro atoms. The Morgan fingerprint density at radius 2 is 2.05 bits per heavy atom. The van der Waals surface area contributed by atoms with Crippen LogP contribution in [-0.2, 0) is 0 Å². The Labute approximate surface area is 124 Å². The van der Waals surface area contributed by atoms with Crippen molar-refractivity contribution in [1.82, 2.24) is 0 Å². The zero-order valence-electron chi connectivity index (χ0n) is 12.8. The average molecular weight is 290 g/mol. The second-order valence-electron chi connectivity index (χ2n) is 6.06. The minimum absolute atomic E-state index is 0.0203. The molecule has 114 valence electrons. The fourth-order valence-corrected chi connectivity index (χ4v) is 3.01. The van der Waals surface area contributed by atoms with Crippen molar-refractivity contribution < 1.29 is 9.72 Å². The summed E-state index contributed by atoms with van der Waals surface area (Å²) in [5.41, 5.74) is 0.862. The number of rotatable bonds is 4. The van der Waals surface area contributed by atoms with Crippen LogP contribution < -0.4 is 5.32 Å². The van der Waals surface area contributed by atoms with E-state index >= 15 is 0 Å². The van der Waals surface area contributed by atoms with Gasteiger partial charge in [0, 0.05) is 17.7 Å². The fourth-order valence-electron chi connectivity index (χ4n) is 3.01. The molecule has 5 heteroatoms. The summed E-state index contributed by atoms with van der Waals surface area (Å²) in [6.45, 7) is 5.83. The van der Waals surface area contributed by atoms with Gasteiger partial charge in [-0.15, -0.1) is 0 Å². The van der Waals surface area contributed by atoms with Gasteiger partial charge >= 0.3 is 0 Å². The summed E-state index contributed by atoms with van der Waals surface area (Å²) in [5, 5.41) is 14.6. The molecule has 2 rings (SSSR count). The Morgan fingerprint density at radius 3 is 2.67 bits per heavy atom. The van der Waals surface area contributed by atoms with E-state index in [9.17, 15) is 14.9 Å². The molecule has 1 aliphatic carbocycles. The van der Waals surface area contributed by atoms with Gasteiger partial charge in [0.2, 0.25) is 0 Å². The molecule has 1 aromatic carbocycles. The Morgan fingerprint density at radius 1 is 1.33 bits per heavy atom. The van der Waals surface area contributed by atoms with Gasteiger partial charge in [-0.05, 0) is 37.3 Å². The molecular weight excluding hydrogens is 268 g/mol. The smallest absolute Gasteiger partial charge is 0.293 e. The van der Waals surface area contributed by atoms with Crippen LogP contribution in [0, 0.1) is 22.0 Å². The van der Waals surface area contributed by atoms with Crippen molar-refractivity contribution >= 4 is 17.2 Å². The van der Waals surface area contributed by atoms with Gasteiger partial charge in [0.05, 0.1) is 4.92 Å². The molecule has 3 atom stereocenters. The van der Waals surface area contributed by atoms with E-state index in [0.29, 0.717) is 23.1 Å². The molecule has 0 bridgehead atoms. The molecule has 0 unspecified atom stereocenters. The second-order valence-corrected chi connectivity index (χ2v) is 6.06. The average Bonchev–Trinajstić information content (AvgIpc) is 2.43. The molecule has 0 aromatic heterocycles. The van der Waals surface area contributed by atoms with Crippen LogP contribution in [0.4, 0.5) is 11.4 Å². The molecule has 0 heterocycles. The molecule has 21 heavy (non-hydrogen) atoms. The van der Waals surface area contributed by atoms with Crippen molar-refractivity contribution in [3.05, 3.63) is 33.9 Å². The summed E-state index contributed by atoms with van der Waals surface area (Å²) in [6, 6.07) is 4.91. The quantitative estimate of drug-likeness (QED) is 0.516. The minimum Gasteiger partial charge on any atom is -0.376 e. The van der Waals surface area contributed by atoms with Crippen LogP contribution in [-0.4, -0.2) is 16.7 Å².